The summed E-state index contributed by atoms with van der Waals surface area (Å²) >= 11 is 0. The molecule has 0 atom stereocenters. The van der Waals surface area contributed by atoms with Crippen LogP contribution in [0.25, 0.3) is 0 Å². The molecule has 3 rings (SSSR count). The highest BCUT2D eigenvalue weighted by atomic mass is 16.4. The molecule has 0 spiro atoms. The molecular formula is C21H27N3O4. The molecule has 2 aromatic rings. The zero-order valence-electron chi connectivity index (χ0n) is 16.6. The van der Waals surface area contributed by atoms with Crippen molar-refractivity contribution in [2.24, 2.45) is 0 Å². The van der Waals surface area contributed by atoms with Gasteiger partial charge in [-0.05, 0) is 17.0 Å². The van der Waals surface area contributed by atoms with E-state index >= 15 is 0 Å². The number of rotatable bonds is 5. The maximum absolute atomic E-state index is 12.8. The number of carboxylic acids is 1. The fourth-order valence-electron chi connectivity index (χ4n) is 3.53. The Morgan fingerprint density at radius 3 is 2.46 bits per heavy atom. The van der Waals surface area contributed by atoms with Gasteiger partial charge in [0, 0.05) is 38.3 Å². The van der Waals surface area contributed by atoms with Gasteiger partial charge in [0.15, 0.2) is 12.1 Å². The molecule has 1 N–H and O–H groups in total. The summed E-state index contributed by atoms with van der Waals surface area (Å²) in [6.07, 6.45) is 1.28. The SMILES string of the molecule is CC(C)(C)c1ccccc1N1CCN(C(=O)c2ncoc2CCC(=O)O)CC1. The fourth-order valence-corrected chi connectivity index (χ4v) is 3.53. The molecule has 1 saturated heterocycles. The average molecular weight is 385 g/mol. The minimum atomic E-state index is -0.930. The quantitative estimate of drug-likeness (QED) is 0.852. The molecule has 1 amide bonds. The Hall–Kier alpha value is -2.83. The summed E-state index contributed by atoms with van der Waals surface area (Å²) in [5, 5.41) is 8.84. The van der Waals surface area contributed by atoms with E-state index in [2.05, 4.69) is 48.9 Å². The number of carbonyl (C=O) groups is 2. The summed E-state index contributed by atoms with van der Waals surface area (Å²) in [4.78, 5) is 31.7. The predicted molar refractivity (Wildman–Crippen MR) is 106 cm³/mol. The molecule has 28 heavy (non-hydrogen) atoms. The number of piperazine rings is 1. The van der Waals surface area contributed by atoms with Gasteiger partial charge in [-0.15, -0.1) is 0 Å². The van der Waals surface area contributed by atoms with Crippen LogP contribution < -0.4 is 4.90 Å². The molecule has 0 saturated carbocycles. The van der Waals surface area contributed by atoms with Crippen LogP contribution in [0.1, 0.15) is 49.0 Å². The number of aryl methyl sites for hydroxylation is 1. The van der Waals surface area contributed by atoms with Gasteiger partial charge in [-0.2, -0.15) is 0 Å². The van der Waals surface area contributed by atoms with Crippen LogP contribution in [-0.2, 0) is 16.6 Å². The van der Waals surface area contributed by atoms with E-state index < -0.39 is 5.97 Å². The van der Waals surface area contributed by atoms with Crippen molar-refractivity contribution in [3.8, 4) is 0 Å². The van der Waals surface area contributed by atoms with Gasteiger partial charge in [-0.1, -0.05) is 39.0 Å². The minimum absolute atomic E-state index is 0.0449. The summed E-state index contributed by atoms with van der Waals surface area (Å²) in [7, 11) is 0. The standard InChI is InChI=1S/C21H27N3O4/c1-21(2,3)15-6-4-5-7-16(15)23-10-12-24(13-11-23)20(27)19-17(28-14-22-19)8-9-18(25)26/h4-7,14H,8-13H2,1-3H3,(H,25,26). The monoisotopic (exact) mass is 385 g/mol. The van der Waals surface area contributed by atoms with Crippen molar-refractivity contribution in [1.82, 2.24) is 9.88 Å². The Balaban J connectivity index is 1.68. The van der Waals surface area contributed by atoms with E-state index in [-0.39, 0.29) is 29.9 Å². The first-order valence-corrected chi connectivity index (χ1v) is 9.55. The highest BCUT2D eigenvalue weighted by Crippen LogP contribution is 2.32. The molecule has 0 bridgehead atoms. The van der Waals surface area contributed by atoms with Crippen molar-refractivity contribution in [2.45, 2.75) is 39.0 Å². The Bertz CT molecular complexity index is 845. The highest BCUT2D eigenvalue weighted by Gasteiger charge is 2.28. The summed E-state index contributed by atoms with van der Waals surface area (Å²) in [5.41, 5.74) is 2.78. The molecule has 1 aliphatic rings. The molecule has 7 heteroatoms. The number of nitrogens with zero attached hydrogens (tertiary/aromatic N) is 3. The van der Waals surface area contributed by atoms with Crippen LogP contribution in [0.15, 0.2) is 35.1 Å². The topological polar surface area (TPSA) is 86.9 Å². The number of hydrogen-bond acceptors (Lipinski definition) is 5. The molecule has 0 aliphatic carbocycles. The number of oxazole rings is 1. The predicted octanol–water partition coefficient (Wildman–Crippen LogP) is 2.95. The summed E-state index contributed by atoms with van der Waals surface area (Å²) < 4.78 is 5.24. The lowest BCUT2D eigenvalue weighted by molar-refractivity contribution is -0.137. The number of aliphatic carboxylic acids is 1. The van der Waals surface area contributed by atoms with Crippen molar-refractivity contribution < 1.29 is 19.1 Å². The molecular weight excluding hydrogens is 358 g/mol. The van der Waals surface area contributed by atoms with E-state index in [9.17, 15) is 9.59 Å². The Morgan fingerprint density at radius 2 is 1.82 bits per heavy atom. The second-order valence-corrected chi connectivity index (χ2v) is 8.06. The number of benzene rings is 1. The lowest BCUT2D eigenvalue weighted by Crippen LogP contribution is -2.49. The second kappa shape index (κ2) is 8.04. The fraction of sp³-hybridized carbons (Fsp3) is 0.476. The number of para-hydroxylation sites is 1. The number of amides is 1. The first kappa shape index (κ1) is 19.9. The average Bonchev–Trinajstić information content (AvgIpc) is 3.14. The molecule has 0 radical (unpaired) electrons. The summed E-state index contributed by atoms with van der Waals surface area (Å²) in [5.74, 6) is -0.785. The maximum Gasteiger partial charge on any atom is 0.303 e. The van der Waals surface area contributed by atoms with Gasteiger partial charge in [0.05, 0.1) is 6.42 Å². The third-order valence-corrected chi connectivity index (χ3v) is 5.03. The lowest BCUT2D eigenvalue weighted by atomic mass is 9.85. The Labute approximate surface area is 165 Å². The van der Waals surface area contributed by atoms with E-state index in [1.807, 2.05) is 6.07 Å². The molecule has 7 nitrogen and oxygen atoms in total. The maximum atomic E-state index is 12.8. The van der Waals surface area contributed by atoms with Gasteiger partial charge in [0.2, 0.25) is 0 Å². The van der Waals surface area contributed by atoms with Crippen LogP contribution in [0.3, 0.4) is 0 Å². The van der Waals surface area contributed by atoms with Gasteiger partial charge < -0.3 is 19.3 Å². The highest BCUT2D eigenvalue weighted by molar-refractivity contribution is 5.93. The van der Waals surface area contributed by atoms with Gasteiger partial charge in [-0.3, -0.25) is 9.59 Å². The smallest absolute Gasteiger partial charge is 0.303 e. The van der Waals surface area contributed by atoms with Crippen molar-refractivity contribution >= 4 is 17.6 Å². The van der Waals surface area contributed by atoms with Crippen LogP contribution in [0.2, 0.25) is 0 Å². The van der Waals surface area contributed by atoms with Crippen molar-refractivity contribution in [2.75, 3.05) is 31.1 Å². The van der Waals surface area contributed by atoms with Gasteiger partial charge in [0.1, 0.15) is 5.76 Å². The van der Waals surface area contributed by atoms with E-state index in [0.29, 0.717) is 18.8 Å². The molecule has 0 unspecified atom stereocenters. The Kier molecular flexibility index (Phi) is 5.72. The normalized spacial score (nSPS) is 15.0. The lowest BCUT2D eigenvalue weighted by Gasteiger charge is -2.38. The summed E-state index contributed by atoms with van der Waals surface area (Å²) in [6.45, 7) is 9.26. The number of carbonyl (C=O) groups excluding carboxylic acids is 1. The summed E-state index contributed by atoms with van der Waals surface area (Å²) in [6, 6.07) is 8.41. The number of hydrogen-bond donors (Lipinski definition) is 1. The molecule has 150 valence electrons. The zero-order chi connectivity index (χ0) is 20.3. The first-order valence-electron chi connectivity index (χ1n) is 9.55. The number of carboxylic acid groups (broad SMARTS) is 1. The third kappa shape index (κ3) is 4.35. The third-order valence-electron chi connectivity index (χ3n) is 5.03. The van der Waals surface area contributed by atoms with E-state index in [4.69, 9.17) is 9.52 Å². The van der Waals surface area contributed by atoms with Crippen LogP contribution in [0.4, 0.5) is 5.69 Å². The zero-order valence-corrected chi connectivity index (χ0v) is 16.6. The van der Waals surface area contributed by atoms with Crippen LogP contribution in [-0.4, -0.2) is 53.0 Å². The largest absolute Gasteiger partial charge is 0.481 e. The van der Waals surface area contributed by atoms with Crippen molar-refractivity contribution in [3.05, 3.63) is 47.7 Å². The number of anilines is 1. The van der Waals surface area contributed by atoms with Gasteiger partial charge >= 0.3 is 5.97 Å². The van der Waals surface area contributed by atoms with Crippen LogP contribution >= 0.6 is 0 Å². The molecule has 1 aromatic carbocycles. The molecule has 1 fully saturated rings. The van der Waals surface area contributed by atoms with E-state index in [0.717, 1.165) is 13.1 Å². The minimum Gasteiger partial charge on any atom is -0.481 e. The molecule has 1 aromatic heterocycles. The van der Waals surface area contributed by atoms with Crippen LogP contribution in [0.5, 0.6) is 0 Å². The molecule has 2 heterocycles. The van der Waals surface area contributed by atoms with Crippen molar-refractivity contribution in [1.29, 1.82) is 0 Å². The van der Waals surface area contributed by atoms with Gasteiger partial charge in [0.25, 0.3) is 5.91 Å². The number of aromatic nitrogens is 1. The van der Waals surface area contributed by atoms with Crippen LogP contribution in [0, 0.1) is 0 Å². The van der Waals surface area contributed by atoms with Crippen molar-refractivity contribution in [3.63, 3.8) is 0 Å². The van der Waals surface area contributed by atoms with Gasteiger partial charge in [-0.25, -0.2) is 4.98 Å². The second-order valence-electron chi connectivity index (χ2n) is 8.06. The Morgan fingerprint density at radius 1 is 1.14 bits per heavy atom. The van der Waals surface area contributed by atoms with E-state index in [1.54, 1.807) is 4.90 Å². The first-order chi connectivity index (χ1) is 13.3. The molecule has 1 aliphatic heterocycles. The van der Waals surface area contributed by atoms with E-state index in [1.165, 1.54) is 17.6 Å².